The average Bonchev–Trinajstić information content (AvgIpc) is 3.05. The number of hydrogen-bond acceptors (Lipinski definition) is 1. The van der Waals surface area contributed by atoms with Crippen LogP contribution < -0.4 is 0 Å². The lowest BCUT2D eigenvalue weighted by molar-refractivity contribution is -0.137. The summed E-state index contributed by atoms with van der Waals surface area (Å²) in [6.07, 6.45) is -2.59. The van der Waals surface area contributed by atoms with Crippen molar-refractivity contribution >= 4 is 21.5 Å². The first-order chi connectivity index (χ1) is 16.2. The van der Waals surface area contributed by atoms with Gasteiger partial charge in [0.25, 0.3) is 0 Å². The van der Waals surface area contributed by atoms with Crippen LogP contribution in [0.4, 0.5) is 13.2 Å². The number of alkyl halides is 3. The Labute approximate surface area is 195 Å². The fourth-order valence-corrected chi connectivity index (χ4v) is 5.71. The van der Waals surface area contributed by atoms with E-state index in [-0.39, 0.29) is 0 Å². The molecular weight excluding hydrogens is 431 g/mol. The standard InChI is InChI=1S/C30H22F3N/c1-17-6-4-7-18(16-17)28-22-12-11-21-19(20(22)14-15-34-28)10-13-23-26-24(29(2,3)27(21)23)8-5-9-25(26)30(31,32)33/h4-16H,1-3H3. The van der Waals surface area contributed by atoms with Crippen LogP contribution in [0.1, 0.15) is 36.1 Å². The monoisotopic (exact) mass is 453 g/mol. The zero-order valence-corrected chi connectivity index (χ0v) is 19.1. The van der Waals surface area contributed by atoms with E-state index in [1.165, 1.54) is 12.1 Å². The predicted octanol–water partition coefficient (Wildman–Crippen LogP) is 8.69. The Balaban J connectivity index is 1.67. The molecule has 0 spiro atoms. The molecule has 0 saturated carbocycles. The number of aromatic nitrogens is 1. The zero-order valence-electron chi connectivity index (χ0n) is 19.1. The van der Waals surface area contributed by atoms with Crippen molar-refractivity contribution in [2.45, 2.75) is 32.4 Å². The van der Waals surface area contributed by atoms with Crippen molar-refractivity contribution in [3.05, 3.63) is 101 Å². The van der Waals surface area contributed by atoms with Gasteiger partial charge < -0.3 is 0 Å². The number of fused-ring (bicyclic) bond motifs is 7. The van der Waals surface area contributed by atoms with E-state index in [0.717, 1.165) is 49.5 Å². The summed E-state index contributed by atoms with van der Waals surface area (Å²) in [7, 11) is 0. The lowest BCUT2D eigenvalue weighted by atomic mass is 9.79. The van der Waals surface area contributed by atoms with Gasteiger partial charge in [0, 0.05) is 22.6 Å². The minimum absolute atomic E-state index is 0.312. The van der Waals surface area contributed by atoms with Gasteiger partial charge in [-0.25, -0.2) is 0 Å². The molecule has 1 nitrogen and oxygen atoms in total. The molecule has 0 atom stereocenters. The van der Waals surface area contributed by atoms with Gasteiger partial charge in [0.05, 0.1) is 11.3 Å². The third-order valence-electron chi connectivity index (χ3n) is 7.17. The van der Waals surface area contributed by atoms with Crippen LogP contribution in [-0.2, 0) is 11.6 Å². The van der Waals surface area contributed by atoms with Crippen LogP contribution in [0.2, 0.25) is 0 Å². The van der Waals surface area contributed by atoms with E-state index in [9.17, 15) is 13.2 Å². The second-order valence-electron chi connectivity index (χ2n) is 9.62. The number of halogens is 3. The molecule has 1 aliphatic rings. The first-order valence-corrected chi connectivity index (χ1v) is 11.3. The molecule has 0 saturated heterocycles. The van der Waals surface area contributed by atoms with Crippen molar-refractivity contribution < 1.29 is 13.2 Å². The summed E-state index contributed by atoms with van der Waals surface area (Å²) in [6, 6.07) is 22.7. The Hall–Kier alpha value is -3.66. The van der Waals surface area contributed by atoms with Crippen molar-refractivity contribution in [1.29, 1.82) is 0 Å². The normalized spacial score (nSPS) is 14.4. The Kier molecular flexibility index (Phi) is 4.26. The quantitative estimate of drug-likeness (QED) is 0.231. The first kappa shape index (κ1) is 20.9. The van der Waals surface area contributed by atoms with Crippen molar-refractivity contribution in [2.75, 3.05) is 0 Å². The van der Waals surface area contributed by atoms with E-state index in [1.807, 2.05) is 50.4 Å². The fourth-order valence-electron chi connectivity index (χ4n) is 5.71. The summed E-state index contributed by atoms with van der Waals surface area (Å²) in [5.41, 5.74) is 4.66. The molecule has 4 heteroatoms. The van der Waals surface area contributed by atoms with Crippen LogP contribution >= 0.6 is 0 Å². The Morgan fingerprint density at radius 1 is 0.765 bits per heavy atom. The van der Waals surface area contributed by atoms with Gasteiger partial charge in [-0.1, -0.05) is 74.0 Å². The summed E-state index contributed by atoms with van der Waals surface area (Å²) in [5, 5.41) is 4.10. The van der Waals surface area contributed by atoms with Crippen molar-refractivity contribution in [1.82, 2.24) is 4.98 Å². The summed E-state index contributed by atoms with van der Waals surface area (Å²) in [4.78, 5) is 4.67. The van der Waals surface area contributed by atoms with Crippen LogP contribution in [0, 0.1) is 6.92 Å². The number of aryl methyl sites for hydroxylation is 1. The van der Waals surface area contributed by atoms with Gasteiger partial charge in [0.2, 0.25) is 0 Å². The van der Waals surface area contributed by atoms with Crippen LogP contribution in [-0.4, -0.2) is 4.98 Å². The maximum Gasteiger partial charge on any atom is 0.417 e. The van der Waals surface area contributed by atoms with Crippen molar-refractivity contribution in [3.63, 3.8) is 0 Å². The topological polar surface area (TPSA) is 12.9 Å². The first-order valence-electron chi connectivity index (χ1n) is 11.3. The number of benzene rings is 4. The van der Waals surface area contributed by atoms with E-state index in [0.29, 0.717) is 11.1 Å². The highest BCUT2D eigenvalue weighted by atomic mass is 19.4. The van der Waals surface area contributed by atoms with Crippen LogP contribution in [0.3, 0.4) is 0 Å². The minimum atomic E-state index is -4.41. The second kappa shape index (κ2) is 6.92. The second-order valence-corrected chi connectivity index (χ2v) is 9.62. The Morgan fingerprint density at radius 3 is 2.24 bits per heavy atom. The van der Waals surface area contributed by atoms with Crippen LogP contribution in [0.25, 0.3) is 43.9 Å². The maximum atomic E-state index is 13.9. The Morgan fingerprint density at radius 2 is 1.47 bits per heavy atom. The van der Waals surface area contributed by atoms with Gasteiger partial charge in [-0.3, -0.25) is 4.98 Å². The SMILES string of the molecule is Cc1cccc(-c2nccc3c2ccc2c4c(ccc23)-c2c(C(F)(F)F)cccc2C4(C)C)c1. The molecule has 0 amide bonds. The largest absolute Gasteiger partial charge is 0.417 e. The summed E-state index contributed by atoms with van der Waals surface area (Å²) in [5.74, 6) is 0. The van der Waals surface area contributed by atoms with E-state index in [1.54, 1.807) is 0 Å². The third kappa shape index (κ3) is 2.84. The molecule has 1 aromatic heterocycles. The predicted molar refractivity (Wildman–Crippen MR) is 132 cm³/mol. The molecule has 34 heavy (non-hydrogen) atoms. The van der Waals surface area contributed by atoms with Crippen LogP contribution in [0.15, 0.2) is 79.0 Å². The van der Waals surface area contributed by atoms with Gasteiger partial charge in [-0.05, 0) is 63.5 Å². The Bertz CT molecular complexity index is 1630. The molecule has 0 fully saturated rings. The number of rotatable bonds is 1. The third-order valence-corrected chi connectivity index (χ3v) is 7.17. The molecule has 1 heterocycles. The van der Waals surface area contributed by atoms with Gasteiger partial charge in [-0.15, -0.1) is 0 Å². The molecular formula is C30H22F3N. The highest BCUT2D eigenvalue weighted by Gasteiger charge is 2.43. The maximum absolute atomic E-state index is 13.9. The molecule has 4 aromatic carbocycles. The molecule has 5 aromatic rings. The lowest BCUT2D eigenvalue weighted by Gasteiger charge is -2.24. The molecule has 0 unspecified atom stereocenters. The van der Waals surface area contributed by atoms with Gasteiger partial charge in [-0.2, -0.15) is 13.2 Å². The smallest absolute Gasteiger partial charge is 0.256 e. The number of pyridine rings is 1. The summed E-state index contributed by atoms with van der Waals surface area (Å²) in [6.45, 7) is 6.10. The molecule has 0 aliphatic heterocycles. The molecule has 0 radical (unpaired) electrons. The van der Waals surface area contributed by atoms with Crippen molar-refractivity contribution in [2.24, 2.45) is 0 Å². The van der Waals surface area contributed by atoms with E-state index >= 15 is 0 Å². The van der Waals surface area contributed by atoms with Gasteiger partial charge in [0.1, 0.15) is 0 Å². The van der Waals surface area contributed by atoms with Crippen molar-refractivity contribution in [3.8, 4) is 22.4 Å². The fraction of sp³-hybridized carbons (Fsp3) is 0.167. The minimum Gasteiger partial charge on any atom is -0.256 e. The molecule has 0 N–H and O–H groups in total. The number of hydrogen-bond donors (Lipinski definition) is 0. The highest BCUT2D eigenvalue weighted by molar-refractivity contribution is 6.14. The molecule has 6 rings (SSSR count). The zero-order chi connectivity index (χ0) is 23.8. The summed E-state index contributed by atoms with van der Waals surface area (Å²) >= 11 is 0. The van der Waals surface area contributed by atoms with Crippen LogP contribution in [0.5, 0.6) is 0 Å². The van der Waals surface area contributed by atoms with Gasteiger partial charge in [0.15, 0.2) is 0 Å². The van der Waals surface area contributed by atoms with Gasteiger partial charge >= 0.3 is 6.18 Å². The van der Waals surface area contributed by atoms with E-state index < -0.39 is 17.2 Å². The van der Waals surface area contributed by atoms with E-state index in [2.05, 4.69) is 42.2 Å². The molecule has 168 valence electrons. The summed E-state index contributed by atoms with van der Waals surface area (Å²) < 4.78 is 41.8. The molecule has 0 bridgehead atoms. The molecule has 1 aliphatic carbocycles. The number of nitrogens with zero attached hydrogens (tertiary/aromatic N) is 1. The lowest BCUT2D eigenvalue weighted by Crippen LogP contribution is -2.16. The van der Waals surface area contributed by atoms with E-state index in [4.69, 9.17) is 0 Å². The average molecular weight is 454 g/mol. The highest BCUT2D eigenvalue weighted by Crippen LogP contribution is 2.55.